The fraction of sp³-hybridized carbons (Fsp3) is 0.444. The molecule has 0 amide bonds. The van der Waals surface area contributed by atoms with Gasteiger partial charge in [-0.15, -0.1) is 11.3 Å². The summed E-state index contributed by atoms with van der Waals surface area (Å²) < 4.78 is 6.72. The average Bonchev–Trinajstić information content (AvgIpc) is 3.50. The summed E-state index contributed by atoms with van der Waals surface area (Å²) >= 11 is 1.68. The van der Waals surface area contributed by atoms with E-state index in [9.17, 15) is 5.11 Å². The minimum absolute atomic E-state index is 0.238. The first-order valence-corrected chi connectivity index (χ1v) is 12.5. The Labute approximate surface area is 196 Å². The quantitative estimate of drug-likeness (QED) is 0.322. The number of ether oxygens (including phenoxy) is 1. The van der Waals surface area contributed by atoms with Crippen LogP contribution in [0.15, 0.2) is 66.9 Å². The highest BCUT2D eigenvalue weighted by molar-refractivity contribution is 7.11. The Bertz CT molecular complexity index is 968. The minimum atomic E-state index is -0.985. The number of hydrogen-bond acceptors (Lipinski definition) is 4. The molecule has 1 aliphatic rings. The zero-order valence-corrected chi connectivity index (χ0v) is 20.1. The first-order valence-electron chi connectivity index (χ1n) is 11.7. The highest BCUT2D eigenvalue weighted by Crippen LogP contribution is 2.46. The molecule has 170 valence electrons. The molecule has 1 saturated carbocycles. The van der Waals surface area contributed by atoms with Crippen LogP contribution in [0.3, 0.4) is 0 Å². The highest BCUT2D eigenvalue weighted by atomic mass is 32.1. The van der Waals surface area contributed by atoms with E-state index in [1.165, 1.54) is 17.7 Å². The van der Waals surface area contributed by atoms with Crippen LogP contribution in [0, 0.1) is 5.92 Å². The molecule has 0 radical (unpaired) electrons. The maximum Gasteiger partial charge on any atom is 0.144 e. The Hall–Kier alpha value is -2.21. The molecule has 1 aromatic heterocycles. The minimum Gasteiger partial charge on any atom is -0.493 e. The second-order valence-corrected chi connectivity index (χ2v) is 10.7. The van der Waals surface area contributed by atoms with E-state index in [-0.39, 0.29) is 5.92 Å². The van der Waals surface area contributed by atoms with E-state index < -0.39 is 5.60 Å². The lowest BCUT2D eigenvalue weighted by molar-refractivity contribution is -0.903. The molecular weight excluding hydrogens is 416 g/mol. The monoisotopic (exact) mass is 451 g/mol. The third kappa shape index (κ3) is 5.40. The zero-order chi connectivity index (χ0) is 22.4. The standard InChI is InChI=1S/C27H35N2O2S/c1-29(2,18-11-19-31-24-16-7-4-8-17-24)21-25-20-28-26(32-25)27(30,23-14-9-10-15-23)22-12-5-3-6-13-22/h3-8,12-13,16-17,20,23,30H,9-11,14-15,18-19,21H2,1-2H3/q+1. The molecule has 1 atom stereocenters. The van der Waals surface area contributed by atoms with Crippen LogP contribution < -0.4 is 4.74 Å². The number of benzene rings is 2. The van der Waals surface area contributed by atoms with Crippen molar-refractivity contribution in [1.82, 2.24) is 4.98 Å². The maximum absolute atomic E-state index is 12.0. The first kappa shape index (κ1) is 23.0. The fourth-order valence-electron chi connectivity index (χ4n) is 4.83. The lowest BCUT2D eigenvalue weighted by Gasteiger charge is -2.33. The number of nitrogens with zero attached hydrogens (tertiary/aromatic N) is 2. The SMILES string of the molecule is C[N+](C)(CCCOc1ccccc1)Cc1cnc(C(O)(c2ccccc2)C2CCCC2)s1. The zero-order valence-electron chi connectivity index (χ0n) is 19.2. The summed E-state index contributed by atoms with van der Waals surface area (Å²) in [5.41, 5.74) is -0.0129. The topological polar surface area (TPSA) is 42.4 Å². The van der Waals surface area contributed by atoms with Gasteiger partial charge in [-0.25, -0.2) is 4.98 Å². The summed E-state index contributed by atoms with van der Waals surface area (Å²) in [6.07, 6.45) is 7.46. The van der Waals surface area contributed by atoms with E-state index in [2.05, 4.69) is 14.1 Å². The molecule has 1 N–H and O–H groups in total. The number of rotatable bonds is 10. The van der Waals surface area contributed by atoms with Gasteiger partial charge >= 0.3 is 0 Å². The second kappa shape index (κ2) is 10.2. The van der Waals surface area contributed by atoms with E-state index in [0.717, 1.165) is 59.8 Å². The lowest BCUT2D eigenvalue weighted by Crippen LogP contribution is -2.39. The van der Waals surface area contributed by atoms with Crippen molar-refractivity contribution in [2.24, 2.45) is 5.92 Å². The van der Waals surface area contributed by atoms with Crippen molar-refractivity contribution in [2.45, 2.75) is 44.2 Å². The number of para-hydroxylation sites is 1. The number of aromatic nitrogens is 1. The van der Waals surface area contributed by atoms with Crippen LogP contribution in [0.5, 0.6) is 5.75 Å². The van der Waals surface area contributed by atoms with E-state index >= 15 is 0 Å². The summed E-state index contributed by atoms with van der Waals surface area (Å²) in [5.74, 6) is 1.17. The molecule has 4 rings (SSSR count). The number of aliphatic hydroxyl groups is 1. The number of thiazole rings is 1. The molecule has 0 bridgehead atoms. The molecular formula is C27H35N2O2S+. The van der Waals surface area contributed by atoms with Gasteiger partial charge in [0.1, 0.15) is 22.9 Å². The molecule has 32 heavy (non-hydrogen) atoms. The van der Waals surface area contributed by atoms with Gasteiger partial charge in [-0.05, 0) is 36.5 Å². The molecule has 4 nitrogen and oxygen atoms in total. The van der Waals surface area contributed by atoms with E-state index in [1.54, 1.807) is 11.3 Å². The van der Waals surface area contributed by atoms with Crippen molar-refractivity contribution in [3.63, 3.8) is 0 Å². The van der Waals surface area contributed by atoms with Gasteiger partial charge in [-0.2, -0.15) is 0 Å². The van der Waals surface area contributed by atoms with E-state index in [4.69, 9.17) is 9.72 Å². The third-order valence-electron chi connectivity index (χ3n) is 6.54. The Balaban J connectivity index is 1.41. The molecule has 1 heterocycles. The van der Waals surface area contributed by atoms with Gasteiger partial charge in [-0.1, -0.05) is 61.4 Å². The van der Waals surface area contributed by atoms with Crippen LogP contribution in [-0.4, -0.2) is 41.8 Å². The highest BCUT2D eigenvalue weighted by Gasteiger charge is 2.44. The molecule has 2 aromatic carbocycles. The normalized spacial score (nSPS) is 16.7. The Kier molecular flexibility index (Phi) is 7.29. The van der Waals surface area contributed by atoms with Gasteiger partial charge in [0.2, 0.25) is 0 Å². The summed E-state index contributed by atoms with van der Waals surface area (Å²) in [6, 6.07) is 20.1. The largest absolute Gasteiger partial charge is 0.493 e. The average molecular weight is 452 g/mol. The van der Waals surface area contributed by atoms with Gasteiger partial charge in [0.15, 0.2) is 0 Å². The molecule has 1 fully saturated rings. The molecule has 0 aliphatic heterocycles. The predicted molar refractivity (Wildman–Crippen MR) is 131 cm³/mol. The van der Waals surface area contributed by atoms with Gasteiger partial charge < -0.3 is 14.3 Å². The second-order valence-electron chi connectivity index (χ2n) is 9.58. The fourth-order valence-corrected chi connectivity index (χ4v) is 6.14. The molecule has 1 unspecified atom stereocenters. The number of hydrogen-bond donors (Lipinski definition) is 1. The van der Waals surface area contributed by atoms with E-state index in [0.29, 0.717) is 0 Å². The molecule has 5 heteroatoms. The van der Waals surface area contributed by atoms with Crippen molar-refractivity contribution < 1.29 is 14.3 Å². The van der Waals surface area contributed by atoms with Gasteiger partial charge in [0.25, 0.3) is 0 Å². The molecule has 3 aromatic rings. The van der Waals surface area contributed by atoms with Crippen molar-refractivity contribution in [3.05, 3.63) is 82.3 Å². The van der Waals surface area contributed by atoms with Crippen LogP contribution in [0.4, 0.5) is 0 Å². The summed E-state index contributed by atoms with van der Waals surface area (Å²) in [4.78, 5) is 5.99. The Morgan fingerprint density at radius 2 is 1.69 bits per heavy atom. The summed E-state index contributed by atoms with van der Waals surface area (Å²) in [6.45, 7) is 2.64. The van der Waals surface area contributed by atoms with Crippen LogP contribution in [0.2, 0.25) is 0 Å². The van der Waals surface area contributed by atoms with Crippen LogP contribution in [0.1, 0.15) is 47.6 Å². The third-order valence-corrected chi connectivity index (χ3v) is 7.65. The van der Waals surface area contributed by atoms with Gasteiger partial charge in [0, 0.05) is 12.6 Å². The lowest BCUT2D eigenvalue weighted by atomic mass is 9.80. The Morgan fingerprint density at radius 3 is 2.38 bits per heavy atom. The van der Waals surface area contributed by atoms with Crippen molar-refractivity contribution in [3.8, 4) is 5.75 Å². The van der Waals surface area contributed by atoms with Crippen LogP contribution in [-0.2, 0) is 12.1 Å². The number of quaternary nitrogens is 1. The summed E-state index contributed by atoms with van der Waals surface area (Å²) in [7, 11) is 4.50. The molecule has 1 aliphatic carbocycles. The smallest absolute Gasteiger partial charge is 0.144 e. The maximum atomic E-state index is 12.0. The summed E-state index contributed by atoms with van der Waals surface area (Å²) in [5, 5.41) is 12.8. The van der Waals surface area contributed by atoms with Crippen molar-refractivity contribution >= 4 is 11.3 Å². The van der Waals surface area contributed by atoms with Crippen molar-refractivity contribution in [2.75, 3.05) is 27.2 Å². The first-order chi connectivity index (χ1) is 15.5. The Morgan fingerprint density at radius 1 is 1.03 bits per heavy atom. The predicted octanol–water partition coefficient (Wildman–Crippen LogP) is 5.61. The van der Waals surface area contributed by atoms with E-state index in [1.807, 2.05) is 66.9 Å². The van der Waals surface area contributed by atoms with Crippen LogP contribution in [0.25, 0.3) is 0 Å². The van der Waals surface area contributed by atoms with Gasteiger partial charge in [-0.3, -0.25) is 0 Å². The molecule has 0 saturated heterocycles. The van der Waals surface area contributed by atoms with Crippen molar-refractivity contribution in [1.29, 1.82) is 0 Å². The van der Waals surface area contributed by atoms with Crippen LogP contribution >= 0.6 is 11.3 Å². The van der Waals surface area contributed by atoms with Gasteiger partial charge in [0.05, 0.1) is 32.1 Å². The molecule has 0 spiro atoms.